The number of nitrogens with zero attached hydrogens (tertiary/aromatic N) is 2. The molecular formula is C10H16BrN3O2S2. The highest BCUT2D eigenvalue weighted by Crippen LogP contribution is 2.24. The summed E-state index contributed by atoms with van der Waals surface area (Å²) < 4.78 is 26.7. The van der Waals surface area contributed by atoms with Gasteiger partial charge in [0.15, 0.2) is 0 Å². The highest BCUT2D eigenvalue weighted by atomic mass is 79.9. The lowest BCUT2D eigenvalue weighted by molar-refractivity contribution is 0.415. The fraction of sp³-hybridized carbons (Fsp3) is 0.500. The molecule has 0 radical (unpaired) electrons. The molecule has 8 heteroatoms. The average Bonchev–Trinajstić information content (AvgIpc) is 2.31. The van der Waals surface area contributed by atoms with Crippen LogP contribution in [0.15, 0.2) is 21.6 Å². The molecule has 0 saturated carbocycles. The summed E-state index contributed by atoms with van der Waals surface area (Å²) >= 11 is 4.79. The molecule has 0 aliphatic carbocycles. The second-order valence-electron chi connectivity index (χ2n) is 3.86. The van der Waals surface area contributed by atoms with Crippen molar-refractivity contribution in [1.82, 2.24) is 9.29 Å². The zero-order chi connectivity index (χ0) is 13.9. The lowest BCUT2D eigenvalue weighted by Gasteiger charge is -2.24. The van der Waals surface area contributed by atoms with Gasteiger partial charge in [0.1, 0.15) is 10.7 Å². The standard InChI is InChI=1S/C10H16BrN3O2S2/c1-7(6-17-3)14(2)18(15,16)9-4-8(11)5-13-10(9)12/h4-5,7H,6H2,1-3H3,(H2,12,13). The van der Waals surface area contributed by atoms with Gasteiger partial charge in [0.2, 0.25) is 10.0 Å². The molecule has 1 atom stereocenters. The topological polar surface area (TPSA) is 76.3 Å². The van der Waals surface area contributed by atoms with Crippen LogP contribution in [0, 0.1) is 0 Å². The van der Waals surface area contributed by atoms with Crippen molar-refractivity contribution in [3.63, 3.8) is 0 Å². The number of anilines is 1. The molecule has 1 heterocycles. The maximum atomic E-state index is 12.4. The minimum absolute atomic E-state index is 0.0152. The third-order valence-electron chi connectivity index (χ3n) is 2.53. The summed E-state index contributed by atoms with van der Waals surface area (Å²) in [4.78, 5) is 3.89. The van der Waals surface area contributed by atoms with Crippen LogP contribution in [-0.4, -0.2) is 42.8 Å². The van der Waals surface area contributed by atoms with Crippen LogP contribution < -0.4 is 5.73 Å². The number of aromatic nitrogens is 1. The van der Waals surface area contributed by atoms with E-state index in [0.717, 1.165) is 5.75 Å². The molecule has 0 aliphatic heterocycles. The summed E-state index contributed by atoms with van der Waals surface area (Å²) in [6.45, 7) is 1.86. The van der Waals surface area contributed by atoms with Gasteiger partial charge >= 0.3 is 0 Å². The number of rotatable bonds is 5. The van der Waals surface area contributed by atoms with Gasteiger partial charge < -0.3 is 5.73 Å². The Morgan fingerprint density at radius 2 is 2.22 bits per heavy atom. The summed E-state index contributed by atoms with van der Waals surface area (Å²) in [7, 11) is -2.06. The maximum Gasteiger partial charge on any atom is 0.246 e. The van der Waals surface area contributed by atoms with Crippen LogP contribution in [0.25, 0.3) is 0 Å². The van der Waals surface area contributed by atoms with Gasteiger partial charge in [-0.3, -0.25) is 0 Å². The van der Waals surface area contributed by atoms with E-state index in [9.17, 15) is 8.42 Å². The van der Waals surface area contributed by atoms with Gasteiger partial charge in [-0.25, -0.2) is 13.4 Å². The van der Waals surface area contributed by atoms with Crippen molar-refractivity contribution in [2.24, 2.45) is 0 Å². The molecule has 0 bridgehead atoms. The first-order valence-electron chi connectivity index (χ1n) is 5.18. The highest BCUT2D eigenvalue weighted by Gasteiger charge is 2.27. The molecular weight excluding hydrogens is 338 g/mol. The van der Waals surface area contributed by atoms with E-state index in [2.05, 4.69) is 20.9 Å². The number of thioether (sulfide) groups is 1. The Bertz CT molecular complexity index is 522. The first-order valence-corrected chi connectivity index (χ1v) is 8.81. The predicted octanol–water partition coefficient (Wildman–Crippen LogP) is 1.80. The van der Waals surface area contributed by atoms with E-state index in [-0.39, 0.29) is 16.8 Å². The molecule has 18 heavy (non-hydrogen) atoms. The molecule has 102 valence electrons. The predicted molar refractivity (Wildman–Crippen MR) is 79.1 cm³/mol. The van der Waals surface area contributed by atoms with Crippen LogP contribution >= 0.6 is 27.7 Å². The van der Waals surface area contributed by atoms with E-state index in [1.165, 1.54) is 16.6 Å². The summed E-state index contributed by atoms with van der Waals surface area (Å²) in [5, 5.41) is 0. The molecule has 1 rings (SSSR count). The SMILES string of the molecule is CSCC(C)N(C)S(=O)(=O)c1cc(Br)cnc1N. The second kappa shape index (κ2) is 6.23. The van der Waals surface area contributed by atoms with Crippen molar-refractivity contribution in [2.45, 2.75) is 17.9 Å². The first kappa shape index (κ1) is 15.7. The Kier molecular flexibility index (Phi) is 5.45. The number of sulfonamides is 1. The minimum atomic E-state index is -3.61. The maximum absolute atomic E-state index is 12.4. The number of nitrogens with two attached hydrogens (primary N) is 1. The Balaban J connectivity index is 3.17. The molecule has 0 spiro atoms. The highest BCUT2D eigenvalue weighted by molar-refractivity contribution is 9.10. The van der Waals surface area contributed by atoms with Gasteiger partial charge in [0, 0.05) is 29.5 Å². The van der Waals surface area contributed by atoms with E-state index in [1.54, 1.807) is 18.8 Å². The van der Waals surface area contributed by atoms with E-state index in [1.807, 2.05) is 13.2 Å². The molecule has 1 aromatic heterocycles. The van der Waals surface area contributed by atoms with Gasteiger partial charge in [-0.2, -0.15) is 16.1 Å². The molecule has 5 nitrogen and oxygen atoms in total. The Hall–Kier alpha value is -0.310. The molecule has 1 unspecified atom stereocenters. The van der Waals surface area contributed by atoms with Crippen molar-refractivity contribution >= 4 is 43.5 Å². The number of halogens is 1. The van der Waals surface area contributed by atoms with Crippen LogP contribution in [0.4, 0.5) is 5.82 Å². The van der Waals surface area contributed by atoms with E-state index in [0.29, 0.717) is 4.47 Å². The fourth-order valence-corrected chi connectivity index (χ4v) is 4.11. The van der Waals surface area contributed by atoms with Gasteiger partial charge in [-0.15, -0.1) is 0 Å². The van der Waals surface area contributed by atoms with Gasteiger partial charge in [0.25, 0.3) is 0 Å². The molecule has 0 aromatic carbocycles. The van der Waals surface area contributed by atoms with E-state index in [4.69, 9.17) is 5.73 Å². The molecule has 1 aromatic rings. The summed E-state index contributed by atoms with van der Waals surface area (Å²) in [5.74, 6) is 0.734. The van der Waals surface area contributed by atoms with Gasteiger partial charge in [-0.05, 0) is 35.2 Å². The number of nitrogen functional groups attached to an aromatic ring is 1. The number of hydrogen-bond acceptors (Lipinski definition) is 5. The molecule has 2 N–H and O–H groups in total. The molecule has 0 saturated heterocycles. The van der Waals surface area contributed by atoms with Crippen molar-refractivity contribution in [2.75, 3.05) is 24.8 Å². The van der Waals surface area contributed by atoms with Crippen molar-refractivity contribution in [1.29, 1.82) is 0 Å². The zero-order valence-corrected chi connectivity index (χ0v) is 13.6. The van der Waals surface area contributed by atoms with Crippen LogP contribution in [-0.2, 0) is 10.0 Å². The molecule has 0 aliphatic rings. The summed E-state index contributed by atoms with van der Waals surface area (Å²) in [6.07, 6.45) is 3.41. The molecule has 0 fully saturated rings. The van der Waals surface area contributed by atoms with Crippen LogP contribution in [0.1, 0.15) is 6.92 Å². The van der Waals surface area contributed by atoms with Crippen molar-refractivity contribution < 1.29 is 8.42 Å². The van der Waals surface area contributed by atoms with E-state index < -0.39 is 10.0 Å². The van der Waals surface area contributed by atoms with Crippen molar-refractivity contribution in [3.8, 4) is 0 Å². The summed E-state index contributed by atoms with van der Waals surface area (Å²) in [6, 6.07) is 1.36. The van der Waals surface area contributed by atoms with Crippen LogP contribution in [0.3, 0.4) is 0 Å². The number of hydrogen-bond donors (Lipinski definition) is 1. The normalized spacial score (nSPS) is 13.8. The molecule has 0 amide bonds. The Morgan fingerprint density at radius 1 is 1.61 bits per heavy atom. The van der Waals surface area contributed by atoms with E-state index >= 15 is 0 Å². The second-order valence-corrected chi connectivity index (χ2v) is 7.65. The van der Waals surface area contributed by atoms with Crippen LogP contribution in [0.5, 0.6) is 0 Å². The number of pyridine rings is 1. The smallest absolute Gasteiger partial charge is 0.246 e. The zero-order valence-electron chi connectivity index (χ0n) is 10.4. The Labute approximate surface area is 120 Å². The summed E-state index contributed by atoms with van der Waals surface area (Å²) in [5.41, 5.74) is 5.64. The lowest BCUT2D eigenvalue weighted by Crippen LogP contribution is -2.37. The third-order valence-corrected chi connectivity index (χ3v) is 5.78. The third kappa shape index (κ3) is 3.37. The van der Waals surface area contributed by atoms with Crippen molar-refractivity contribution in [3.05, 3.63) is 16.7 Å². The largest absolute Gasteiger partial charge is 0.383 e. The van der Waals surface area contributed by atoms with Crippen LogP contribution in [0.2, 0.25) is 0 Å². The fourth-order valence-electron chi connectivity index (χ4n) is 1.38. The monoisotopic (exact) mass is 353 g/mol. The van der Waals surface area contributed by atoms with Gasteiger partial charge in [-0.1, -0.05) is 0 Å². The Morgan fingerprint density at radius 3 is 2.78 bits per heavy atom. The minimum Gasteiger partial charge on any atom is -0.383 e. The lowest BCUT2D eigenvalue weighted by atomic mass is 10.4. The first-order chi connectivity index (χ1) is 8.30. The average molecular weight is 354 g/mol. The quantitative estimate of drug-likeness (QED) is 0.873. The van der Waals surface area contributed by atoms with Gasteiger partial charge in [0.05, 0.1) is 0 Å².